The number of nitrogens with one attached hydrogen (secondary N) is 1. The van der Waals surface area contributed by atoms with Gasteiger partial charge in [0.25, 0.3) is 5.91 Å². The Morgan fingerprint density at radius 2 is 2.00 bits per heavy atom. The summed E-state index contributed by atoms with van der Waals surface area (Å²) in [6.07, 6.45) is 6.27. The molecule has 6 nitrogen and oxygen atoms in total. The molecule has 0 aliphatic heterocycles. The fourth-order valence-corrected chi connectivity index (χ4v) is 2.53. The third-order valence-corrected chi connectivity index (χ3v) is 3.75. The summed E-state index contributed by atoms with van der Waals surface area (Å²) in [6.45, 7) is 0. The molecule has 1 fully saturated rings. The smallest absolute Gasteiger partial charge is 0.328 e. The Balaban J connectivity index is 2.02. The van der Waals surface area contributed by atoms with E-state index in [-0.39, 0.29) is 17.5 Å². The van der Waals surface area contributed by atoms with Gasteiger partial charge in [-0.05, 0) is 12.8 Å². The minimum absolute atomic E-state index is 0.105. The molecule has 0 saturated heterocycles. The molecule has 0 bridgehead atoms. The number of hydrogen-bond acceptors (Lipinski definition) is 4. The molecule has 0 spiro atoms. The van der Waals surface area contributed by atoms with Crippen LogP contribution in [-0.2, 0) is 10.1 Å². The van der Waals surface area contributed by atoms with E-state index in [2.05, 4.69) is 9.73 Å². The van der Waals surface area contributed by atoms with Crippen LogP contribution in [0.25, 0.3) is 0 Å². The lowest BCUT2D eigenvalue weighted by Crippen LogP contribution is -2.35. The van der Waals surface area contributed by atoms with Gasteiger partial charge in [-0.2, -0.15) is 8.42 Å². The van der Waals surface area contributed by atoms with E-state index in [1.165, 1.54) is 6.42 Å². The molecule has 1 heterocycles. The van der Waals surface area contributed by atoms with Gasteiger partial charge in [0.05, 0.1) is 5.56 Å². The van der Waals surface area contributed by atoms with E-state index >= 15 is 0 Å². The van der Waals surface area contributed by atoms with E-state index in [0.717, 1.165) is 38.0 Å². The summed E-state index contributed by atoms with van der Waals surface area (Å²) in [6, 6.07) is 1.16. The van der Waals surface area contributed by atoms with Crippen molar-refractivity contribution in [2.75, 3.05) is 0 Å². The van der Waals surface area contributed by atoms with Crippen molar-refractivity contribution in [1.82, 2.24) is 5.32 Å². The molecule has 1 aromatic heterocycles. The molecule has 2 N–H and O–H groups in total. The highest BCUT2D eigenvalue weighted by atomic mass is 32.2. The van der Waals surface area contributed by atoms with Crippen molar-refractivity contribution in [3.8, 4) is 0 Å². The first-order valence-corrected chi connectivity index (χ1v) is 7.28. The highest BCUT2D eigenvalue weighted by molar-refractivity contribution is 7.85. The van der Waals surface area contributed by atoms with Crippen molar-refractivity contribution < 1.29 is 22.2 Å². The van der Waals surface area contributed by atoms with Crippen LogP contribution < -0.4 is 5.32 Å². The van der Waals surface area contributed by atoms with Crippen molar-refractivity contribution in [3.63, 3.8) is 0 Å². The Bertz CT molecular complexity index is 527. The quantitative estimate of drug-likeness (QED) is 0.815. The number of amides is 1. The van der Waals surface area contributed by atoms with Crippen LogP contribution >= 0.6 is 0 Å². The summed E-state index contributed by atoms with van der Waals surface area (Å²) < 4.78 is 35.0. The van der Waals surface area contributed by atoms with Crippen molar-refractivity contribution in [1.29, 1.82) is 0 Å². The SMILES string of the molecule is O=C(NC1CCCCC1)c1coc(S(=O)(=O)O)c1. The van der Waals surface area contributed by atoms with Crippen LogP contribution in [0.1, 0.15) is 42.5 Å². The van der Waals surface area contributed by atoms with Crippen LogP contribution in [0.4, 0.5) is 0 Å². The Morgan fingerprint density at radius 3 is 2.56 bits per heavy atom. The lowest BCUT2D eigenvalue weighted by atomic mass is 9.95. The minimum atomic E-state index is -4.40. The standard InChI is InChI=1S/C11H15NO5S/c13-11(12-9-4-2-1-3-5-9)8-6-10(17-7-8)18(14,15)16/h6-7,9H,1-5H2,(H,12,13)(H,14,15,16). The Hall–Kier alpha value is -1.34. The second-order valence-electron chi connectivity index (χ2n) is 4.44. The first-order valence-electron chi connectivity index (χ1n) is 5.84. The maximum atomic E-state index is 11.8. The van der Waals surface area contributed by atoms with Gasteiger partial charge in [-0.15, -0.1) is 0 Å². The molecule has 2 rings (SSSR count). The van der Waals surface area contributed by atoms with Crippen molar-refractivity contribution in [2.24, 2.45) is 0 Å². The summed E-state index contributed by atoms with van der Waals surface area (Å²) in [7, 11) is -4.40. The number of carbonyl (C=O) groups excluding carboxylic acids is 1. The van der Waals surface area contributed by atoms with E-state index < -0.39 is 15.2 Å². The van der Waals surface area contributed by atoms with Crippen LogP contribution in [0, 0.1) is 0 Å². The van der Waals surface area contributed by atoms with Crippen molar-refractivity contribution in [2.45, 2.75) is 43.2 Å². The van der Waals surface area contributed by atoms with Gasteiger partial charge in [-0.3, -0.25) is 9.35 Å². The van der Waals surface area contributed by atoms with Crippen LogP contribution in [0.5, 0.6) is 0 Å². The molecule has 1 aliphatic rings. The Kier molecular flexibility index (Phi) is 3.72. The van der Waals surface area contributed by atoms with E-state index in [9.17, 15) is 13.2 Å². The summed E-state index contributed by atoms with van der Waals surface area (Å²) in [5, 5.41) is 2.21. The number of rotatable bonds is 3. The highest BCUT2D eigenvalue weighted by Gasteiger charge is 2.21. The van der Waals surface area contributed by atoms with E-state index in [4.69, 9.17) is 4.55 Å². The lowest BCUT2D eigenvalue weighted by molar-refractivity contribution is 0.0927. The van der Waals surface area contributed by atoms with Gasteiger partial charge in [0, 0.05) is 12.1 Å². The number of furan rings is 1. The van der Waals surface area contributed by atoms with Crippen molar-refractivity contribution in [3.05, 3.63) is 17.9 Å². The first kappa shape index (κ1) is 13.1. The monoisotopic (exact) mass is 273 g/mol. The third kappa shape index (κ3) is 3.11. The normalized spacial score (nSPS) is 17.6. The predicted octanol–water partition coefficient (Wildman–Crippen LogP) is 1.59. The van der Waals surface area contributed by atoms with E-state index in [0.29, 0.717) is 0 Å². The molecule has 1 aliphatic carbocycles. The summed E-state index contributed by atoms with van der Waals surface area (Å²) in [4.78, 5) is 11.8. The second-order valence-corrected chi connectivity index (χ2v) is 5.79. The fourth-order valence-electron chi connectivity index (χ4n) is 2.09. The van der Waals surface area contributed by atoms with Gasteiger partial charge in [-0.25, -0.2) is 0 Å². The number of carbonyl (C=O) groups is 1. The fraction of sp³-hybridized carbons (Fsp3) is 0.545. The molecular formula is C11H15NO5S. The van der Waals surface area contributed by atoms with Crippen LogP contribution in [0.2, 0.25) is 0 Å². The van der Waals surface area contributed by atoms with Gasteiger partial charge >= 0.3 is 10.1 Å². The second kappa shape index (κ2) is 5.11. The van der Waals surface area contributed by atoms with Gasteiger partial charge in [0.1, 0.15) is 6.26 Å². The summed E-state index contributed by atoms with van der Waals surface area (Å²) in [5.41, 5.74) is 0.105. The average Bonchev–Trinajstić information content (AvgIpc) is 2.79. The summed E-state index contributed by atoms with van der Waals surface area (Å²) in [5.74, 6) is -0.374. The molecule has 100 valence electrons. The third-order valence-electron chi connectivity index (χ3n) is 3.03. The average molecular weight is 273 g/mol. The zero-order chi connectivity index (χ0) is 13.2. The van der Waals surface area contributed by atoms with Gasteiger partial charge in [0.15, 0.2) is 0 Å². The zero-order valence-corrected chi connectivity index (χ0v) is 10.6. The van der Waals surface area contributed by atoms with Crippen LogP contribution in [-0.4, -0.2) is 24.9 Å². The molecule has 1 amide bonds. The first-order chi connectivity index (χ1) is 8.47. The predicted molar refractivity (Wildman–Crippen MR) is 62.9 cm³/mol. The number of hydrogen-bond donors (Lipinski definition) is 2. The Morgan fingerprint density at radius 1 is 1.33 bits per heavy atom. The Labute approximate surface area is 105 Å². The van der Waals surface area contributed by atoms with Crippen molar-refractivity contribution >= 4 is 16.0 Å². The van der Waals surface area contributed by atoms with E-state index in [1.807, 2.05) is 0 Å². The molecule has 0 unspecified atom stereocenters. The van der Waals surface area contributed by atoms with Gasteiger partial charge in [-0.1, -0.05) is 19.3 Å². The summed E-state index contributed by atoms with van der Waals surface area (Å²) >= 11 is 0. The maximum Gasteiger partial charge on any atom is 0.328 e. The molecule has 7 heteroatoms. The maximum absolute atomic E-state index is 11.8. The molecule has 0 aromatic carbocycles. The molecule has 1 aromatic rings. The molecule has 0 atom stereocenters. The topological polar surface area (TPSA) is 96.6 Å². The van der Waals surface area contributed by atoms with Crippen LogP contribution in [0.15, 0.2) is 21.8 Å². The molecule has 1 saturated carbocycles. The van der Waals surface area contributed by atoms with Crippen LogP contribution in [0.3, 0.4) is 0 Å². The molecular weight excluding hydrogens is 258 g/mol. The molecule has 18 heavy (non-hydrogen) atoms. The lowest BCUT2D eigenvalue weighted by Gasteiger charge is -2.22. The molecule has 0 radical (unpaired) electrons. The van der Waals surface area contributed by atoms with E-state index in [1.54, 1.807) is 0 Å². The highest BCUT2D eigenvalue weighted by Crippen LogP contribution is 2.19. The van der Waals surface area contributed by atoms with Gasteiger partial charge in [0.2, 0.25) is 5.09 Å². The minimum Gasteiger partial charge on any atom is -0.450 e. The van der Waals surface area contributed by atoms with Gasteiger partial charge < -0.3 is 9.73 Å². The zero-order valence-electron chi connectivity index (χ0n) is 9.76. The largest absolute Gasteiger partial charge is 0.450 e.